The molecule has 0 radical (unpaired) electrons. The lowest BCUT2D eigenvalue weighted by Gasteiger charge is -2.09. The number of thiophene rings is 1. The van der Waals surface area contributed by atoms with Crippen molar-refractivity contribution in [2.24, 2.45) is 0 Å². The number of ether oxygens (including phenoxy) is 1. The van der Waals surface area contributed by atoms with Crippen molar-refractivity contribution in [2.45, 2.75) is 19.8 Å². The smallest absolute Gasteiger partial charge is 0.406 e. The third-order valence-electron chi connectivity index (χ3n) is 3.47. The number of carbonyl (C=O) groups excluding carboxylic acids is 1. The molecule has 1 aromatic carbocycles. The van der Waals surface area contributed by atoms with E-state index in [1.165, 1.54) is 23.5 Å². The van der Waals surface area contributed by atoms with E-state index in [9.17, 15) is 18.0 Å². The molecule has 0 saturated heterocycles. The molecule has 136 valence electrons. The predicted octanol–water partition coefficient (Wildman–Crippen LogP) is 4.54. The molecule has 2 aromatic heterocycles. The molecule has 1 N–H and O–H groups in total. The van der Waals surface area contributed by atoms with Gasteiger partial charge in [0.05, 0.1) is 5.69 Å². The summed E-state index contributed by atoms with van der Waals surface area (Å²) in [6, 6.07) is 6.93. The number of nitrogens with zero attached hydrogens (tertiary/aromatic N) is 1. The summed E-state index contributed by atoms with van der Waals surface area (Å²) in [5.41, 5.74) is 2.01. The van der Waals surface area contributed by atoms with Crippen molar-refractivity contribution in [2.75, 3.05) is 0 Å². The number of carbonyl (C=O) groups is 1. The molecule has 0 unspecified atom stereocenters. The molecular formula is C17H13F3N2O3S. The highest BCUT2D eigenvalue weighted by molar-refractivity contribution is 7.07. The van der Waals surface area contributed by atoms with Gasteiger partial charge in [0.25, 0.3) is 5.91 Å². The van der Waals surface area contributed by atoms with E-state index in [4.69, 9.17) is 4.52 Å². The molecular weight excluding hydrogens is 369 g/mol. The normalized spacial score (nSPS) is 11.4. The topological polar surface area (TPSA) is 64.4 Å². The Kier molecular flexibility index (Phi) is 4.99. The van der Waals surface area contributed by atoms with E-state index in [2.05, 4.69) is 15.2 Å². The highest BCUT2D eigenvalue weighted by atomic mass is 32.1. The van der Waals surface area contributed by atoms with E-state index in [1.807, 2.05) is 16.8 Å². The van der Waals surface area contributed by atoms with Crippen LogP contribution in [0.2, 0.25) is 0 Å². The van der Waals surface area contributed by atoms with Gasteiger partial charge in [0.1, 0.15) is 11.3 Å². The Balaban J connectivity index is 1.79. The van der Waals surface area contributed by atoms with Crippen molar-refractivity contribution in [1.29, 1.82) is 0 Å². The van der Waals surface area contributed by atoms with Gasteiger partial charge in [-0.3, -0.25) is 4.79 Å². The van der Waals surface area contributed by atoms with Gasteiger partial charge in [-0.15, -0.1) is 13.2 Å². The summed E-state index contributed by atoms with van der Waals surface area (Å²) in [6.07, 6.45) is -4.77. The fraction of sp³-hybridized carbons (Fsp3) is 0.176. The summed E-state index contributed by atoms with van der Waals surface area (Å²) >= 11 is 1.52. The molecule has 0 atom stereocenters. The van der Waals surface area contributed by atoms with Gasteiger partial charge < -0.3 is 14.6 Å². The molecule has 3 rings (SSSR count). The lowest BCUT2D eigenvalue weighted by molar-refractivity contribution is -0.274. The second-order valence-electron chi connectivity index (χ2n) is 5.36. The quantitative estimate of drug-likeness (QED) is 0.704. The Morgan fingerprint density at radius 2 is 2.00 bits per heavy atom. The number of aryl methyl sites for hydroxylation is 1. The third kappa shape index (κ3) is 4.23. The molecule has 2 heterocycles. The van der Waals surface area contributed by atoms with Crippen LogP contribution in [0.4, 0.5) is 13.2 Å². The summed E-state index contributed by atoms with van der Waals surface area (Å²) in [4.78, 5) is 12.5. The Labute approximate surface area is 150 Å². The zero-order chi connectivity index (χ0) is 18.7. The summed E-state index contributed by atoms with van der Waals surface area (Å²) in [6.45, 7) is 1.97. The van der Waals surface area contributed by atoms with Crippen LogP contribution in [0.15, 0.2) is 45.6 Å². The minimum Gasteiger partial charge on any atom is -0.406 e. The van der Waals surface area contributed by atoms with E-state index >= 15 is 0 Å². The first-order valence-electron chi connectivity index (χ1n) is 7.45. The number of nitrogens with one attached hydrogen (secondary N) is 1. The van der Waals surface area contributed by atoms with Gasteiger partial charge >= 0.3 is 6.36 Å². The van der Waals surface area contributed by atoms with Crippen LogP contribution in [0.5, 0.6) is 5.75 Å². The molecule has 0 aliphatic carbocycles. The first-order valence-corrected chi connectivity index (χ1v) is 8.39. The highest BCUT2D eigenvalue weighted by Gasteiger charge is 2.31. The molecule has 3 aromatic rings. The van der Waals surface area contributed by atoms with Crippen LogP contribution >= 0.6 is 11.3 Å². The number of rotatable bonds is 5. The van der Waals surface area contributed by atoms with Crippen molar-refractivity contribution >= 4 is 17.2 Å². The first-order chi connectivity index (χ1) is 12.3. The van der Waals surface area contributed by atoms with Gasteiger partial charge in [0.15, 0.2) is 5.76 Å². The monoisotopic (exact) mass is 382 g/mol. The van der Waals surface area contributed by atoms with E-state index in [1.54, 1.807) is 6.92 Å². The van der Waals surface area contributed by atoms with Crippen molar-refractivity contribution < 1.29 is 27.2 Å². The van der Waals surface area contributed by atoms with E-state index in [-0.39, 0.29) is 23.0 Å². The average Bonchev–Trinajstić information content (AvgIpc) is 3.21. The number of aromatic nitrogens is 1. The molecule has 0 aliphatic heterocycles. The van der Waals surface area contributed by atoms with Gasteiger partial charge in [0.2, 0.25) is 0 Å². The zero-order valence-corrected chi connectivity index (χ0v) is 14.3. The Morgan fingerprint density at radius 3 is 2.62 bits per heavy atom. The molecule has 0 bridgehead atoms. The van der Waals surface area contributed by atoms with Crippen molar-refractivity contribution in [1.82, 2.24) is 10.5 Å². The van der Waals surface area contributed by atoms with Gasteiger partial charge in [-0.2, -0.15) is 11.3 Å². The maximum Gasteiger partial charge on any atom is 0.573 e. The SMILES string of the molecule is Cc1noc(-c2ccc(OC(F)(F)F)cc2)c1C(=O)NCc1ccsc1. The predicted molar refractivity (Wildman–Crippen MR) is 88.8 cm³/mol. The summed E-state index contributed by atoms with van der Waals surface area (Å²) in [5.74, 6) is -0.551. The molecule has 0 spiro atoms. The summed E-state index contributed by atoms with van der Waals surface area (Å²) < 4.78 is 45.7. The fourth-order valence-corrected chi connectivity index (χ4v) is 2.97. The van der Waals surface area contributed by atoms with Crippen LogP contribution in [0.25, 0.3) is 11.3 Å². The molecule has 0 aliphatic rings. The maximum atomic E-state index is 12.5. The summed E-state index contributed by atoms with van der Waals surface area (Å²) in [5, 5.41) is 10.4. The standard InChI is InChI=1S/C17H13F3N2O3S/c1-10-14(16(23)21-8-11-6-7-26-9-11)15(25-22-10)12-2-4-13(5-3-12)24-17(18,19)20/h2-7,9H,8H2,1H3,(H,21,23). The number of benzene rings is 1. The average molecular weight is 382 g/mol. The molecule has 1 amide bonds. The van der Waals surface area contributed by atoms with Crippen molar-refractivity contribution in [3.8, 4) is 17.1 Å². The van der Waals surface area contributed by atoms with Crippen molar-refractivity contribution in [3.63, 3.8) is 0 Å². The van der Waals surface area contributed by atoms with E-state index in [0.29, 0.717) is 17.8 Å². The number of hydrogen-bond donors (Lipinski definition) is 1. The maximum absolute atomic E-state index is 12.5. The van der Waals surface area contributed by atoms with Crippen LogP contribution < -0.4 is 10.1 Å². The van der Waals surface area contributed by atoms with Gasteiger partial charge in [-0.05, 0) is 53.6 Å². The number of halogens is 3. The second kappa shape index (κ2) is 7.20. The zero-order valence-electron chi connectivity index (χ0n) is 13.5. The van der Waals surface area contributed by atoms with Crippen molar-refractivity contribution in [3.05, 3.63) is 57.9 Å². The Morgan fingerprint density at radius 1 is 1.27 bits per heavy atom. The number of alkyl halides is 3. The van der Waals surface area contributed by atoms with Crippen LogP contribution in [-0.4, -0.2) is 17.4 Å². The van der Waals surface area contributed by atoms with E-state index < -0.39 is 6.36 Å². The largest absolute Gasteiger partial charge is 0.573 e. The number of hydrogen-bond acceptors (Lipinski definition) is 5. The van der Waals surface area contributed by atoms with Crippen LogP contribution in [-0.2, 0) is 6.54 Å². The first kappa shape index (κ1) is 18.0. The van der Waals surface area contributed by atoms with Gasteiger partial charge in [0, 0.05) is 12.1 Å². The van der Waals surface area contributed by atoms with Crippen LogP contribution in [0.1, 0.15) is 21.6 Å². The lowest BCUT2D eigenvalue weighted by atomic mass is 10.1. The molecule has 5 nitrogen and oxygen atoms in total. The van der Waals surface area contributed by atoms with Crippen LogP contribution in [0, 0.1) is 6.92 Å². The Bertz CT molecular complexity index is 887. The molecule has 0 saturated carbocycles. The number of amides is 1. The van der Waals surface area contributed by atoms with Crippen LogP contribution in [0.3, 0.4) is 0 Å². The van der Waals surface area contributed by atoms with E-state index in [0.717, 1.165) is 17.7 Å². The lowest BCUT2D eigenvalue weighted by Crippen LogP contribution is -2.23. The molecule has 26 heavy (non-hydrogen) atoms. The molecule has 9 heteroatoms. The third-order valence-corrected chi connectivity index (χ3v) is 4.21. The summed E-state index contributed by atoms with van der Waals surface area (Å²) in [7, 11) is 0. The Hall–Kier alpha value is -2.81. The minimum atomic E-state index is -4.77. The fourth-order valence-electron chi connectivity index (χ4n) is 2.31. The van der Waals surface area contributed by atoms with Gasteiger partial charge in [-0.25, -0.2) is 0 Å². The van der Waals surface area contributed by atoms with Gasteiger partial charge in [-0.1, -0.05) is 5.16 Å². The second-order valence-corrected chi connectivity index (χ2v) is 6.14. The molecule has 0 fully saturated rings. The highest BCUT2D eigenvalue weighted by Crippen LogP contribution is 2.29. The minimum absolute atomic E-state index is 0.184.